The number of ether oxygens (including phenoxy) is 1. The molecule has 0 aromatic heterocycles. The van der Waals surface area contributed by atoms with E-state index in [9.17, 15) is 18.7 Å². The lowest BCUT2D eigenvalue weighted by atomic mass is 10.0. The van der Waals surface area contributed by atoms with Crippen LogP contribution in [0.15, 0.2) is 24.3 Å². The number of halogens is 2. The number of benzene rings is 1. The molecule has 1 N–H and O–H groups in total. The highest BCUT2D eigenvalue weighted by Gasteiger charge is 2.40. The predicted molar refractivity (Wildman–Crippen MR) is 73.4 cm³/mol. The van der Waals surface area contributed by atoms with Gasteiger partial charge < -0.3 is 9.84 Å². The maximum Gasteiger partial charge on any atom is 0.387 e. The minimum atomic E-state index is -2.90. The number of carboxylic acid groups (broad SMARTS) is 1. The van der Waals surface area contributed by atoms with Crippen LogP contribution in [-0.4, -0.2) is 35.2 Å². The molecule has 2 rings (SSSR count). The van der Waals surface area contributed by atoms with Crippen molar-refractivity contribution in [1.82, 2.24) is 4.90 Å². The van der Waals surface area contributed by atoms with Gasteiger partial charge in [0.15, 0.2) is 0 Å². The van der Waals surface area contributed by atoms with Crippen LogP contribution in [0.25, 0.3) is 0 Å². The third kappa shape index (κ3) is 3.32. The van der Waals surface area contributed by atoms with Crippen molar-refractivity contribution >= 4 is 5.97 Å². The van der Waals surface area contributed by atoms with Crippen LogP contribution in [0.4, 0.5) is 8.78 Å². The van der Waals surface area contributed by atoms with Gasteiger partial charge in [-0.1, -0.05) is 25.1 Å². The minimum Gasteiger partial charge on any atom is -0.480 e. The zero-order chi connectivity index (χ0) is 15.6. The number of carbonyl (C=O) groups is 1. The SMILES string of the molecule is CC1CCN(C(C)c2ccccc2OC(F)F)C1C(=O)O. The number of alkyl halides is 2. The Hall–Kier alpha value is -1.69. The van der Waals surface area contributed by atoms with Crippen LogP contribution in [0.1, 0.15) is 31.9 Å². The van der Waals surface area contributed by atoms with Crippen molar-refractivity contribution in [2.24, 2.45) is 5.92 Å². The summed E-state index contributed by atoms with van der Waals surface area (Å²) in [6.45, 7) is 1.45. The van der Waals surface area contributed by atoms with Crippen molar-refractivity contribution < 1.29 is 23.4 Å². The van der Waals surface area contributed by atoms with Crippen molar-refractivity contribution in [3.8, 4) is 5.75 Å². The van der Waals surface area contributed by atoms with Crippen molar-refractivity contribution in [2.75, 3.05) is 6.54 Å². The molecule has 0 bridgehead atoms. The summed E-state index contributed by atoms with van der Waals surface area (Å²) < 4.78 is 29.5. The van der Waals surface area contributed by atoms with E-state index in [1.54, 1.807) is 18.2 Å². The fourth-order valence-corrected chi connectivity index (χ4v) is 3.00. The van der Waals surface area contributed by atoms with E-state index in [4.69, 9.17) is 0 Å². The zero-order valence-corrected chi connectivity index (χ0v) is 12.0. The van der Waals surface area contributed by atoms with E-state index in [0.717, 1.165) is 6.42 Å². The molecule has 1 saturated heterocycles. The van der Waals surface area contributed by atoms with Crippen molar-refractivity contribution in [1.29, 1.82) is 0 Å². The molecule has 0 spiro atoms. The van der Waals surface area contributed by atoms with Crippen LogP contribution >= 0.6 is 0 Å². The highest BCUT2D eigenvalue weighted by molar-refractivity contribution is 5.74. The molecule has 0 amide bonds. The first-order valence-electron chi connectivity index (χ1n) is 6.94. The van der Waals surface area contributed by atoms with Crippen LogP contribution in [0.3, 0.4) is 0 Å². The molecule has 1 aliphatic rings. The number of nitrogens with zero attached hydrogens (tertiary/aromatic N) is 1. The number of para-hydroxylation sites is 1. The number of hydrogen-bond acceptors (Lipinski definition) is 3. The van der Waals surface area contributed by atoms with Crippen molar-refractivity contribution in [3.63, 3.8) is 0 Å². The second-order valence-corrected chi connectivity index (χ2v) is 5.38. The molecule has 6 heteroatoms. The van der Waals surface area contributed by atoms with Gasteiger partial charge >= 0.3 is 12.6 Å². The molecular formula is C15H19F2NO3. The Morgan fingerprint density at radius 2 is 2.10 bits per heavy atom. The number of rotatable bonds is 5. The molecule has 1 fully saturated rings. The second kappa shape index (κ2) is 6.39. The summed E-state index contributed by atoms with van der Waals surface area (Å²) in [4.78, 5) is 13.3. The average Bonchev–Trinajstić information content (AvgIpc) is 2.80. The van der Waals surface area contributed by atoms with Crippen molar-refractivity contribution in [3.05, 3.63) is 29.8 Å². The first-order valence-corrected chi connectivity index (χ1v) is 6.94. The maximum absolute atomic E-state index is 12.5. The molecular weight excluding hydrogens is 280 g/mol. The van der Waals surface area contributed by atoms with E-state index in [-0.39, 0.29) is 17.7 Å². The Bertz CT molecular complexity index is 509. The molecule has 3 atom stereocenters. The van der Waals surface area contributed by atoms with Gasteiger partial charge in [-0.05, 0) is 31.9 Å². The largest absolute Gasteiger partial charge is 0.480 e. The van der Waals surface area contributed by atoms with E-state index in [1.807, 2.05) is 18.7 Å². The summed E-state index contributed by atoms with van der Waals surface area (Å²) in [5.41, 5.74) is 0.582. The van der Waals surface area contributed by atoms with Crippen LogP contribution in [0, 0.1) is 5.92 Å². The normalized spacial score (nSPS) is 24.2. The van der Waals surface area contributed by atoms with Gasteiger partial charge in [-0.15, -0.1) is 0 Å². The number of aliphatic carboxylic acids is 1. The van der Waals surface area contributed by atoms with Gasteiger partial charge in [0.1, 0.15) is 11.8 Å². The standard InChI is InChI=1S/C15H19F2NO3/c1-9-7-8-18(13(9)14(19)20)10(2)11-5-3-4-6-12(11)21-15(16)17/h3-6,9-10,13,15H,7-8H2,1-2H3,(H,19,20). The fourth-order valence-electron chi connectivity index (χ4n) is 3.00. The van der Waals surface area contributed by atoms with E-state index in [1.165, 1.54) is 6.07 Å². The summed E-state index contributed by atoms with van der Waals surface area (Å²) in [6.07, 6.45) is 0.777. The summed E-state index contributed by atoms with van der Waals surface area (Å²) in [6, 6.07) is 5.64. The summed E-state index contributed by atoms with van der Waals surface area (Å²) in [5, 5.41) is 9.37. The van der Waals surface area contributed by atoms with Crippen molar-refractivity contribution in [2.45, 2.75) is 39.0 Å². The van der Waals surface area contributed by atoms with Gasteiger partial charge in [0.25, 0.3) is 0 Å². The summed E-state index contributed by atoms with van der Waals surface area (Å²) in [7, 11) is 0. The van der Waals surface area contributed by atoms with Gasteiger partial charge in [-0.2, -0.15) is 8.78 Å². The predicted octanol–water partition coefficient (Wildman–Crippen LogP) is 3.14. The van der Waals surface area contributed by atoms with E-state index < -0.39 is 18.6 Å². The Balaban J connectivity index is 2.27. The Kier molecular flexibility index (Phi) is 4.77. The molecule has 0 aliphatic carbocycles. The second-order valence-electron chi connectivity index (χ2n) is 5.38. The third-order valence-corrected chi connectivity index (χ3v) is 4.07. The van der Waals surface area contributed by atoms with Gasteiger partial charge in [-0.3, -0.25) is 9.69 Å². The van der Waals surface area contributed by atoms with Gasteiger partial charge in [0.05, 0.1) is 0 Å². The lowest BCUT2D eigenvalue weighted by molar-refractivity contribution is -0.144. The number of hydrogen-bond donors (Lipinski definition) is 1. The molecule has 0 radical (unpaired) electrons. The molecule has 4 nitrogen and oxygen atoms in total. The maximum atomic E-state index is 12.5. The Labute approximate surface area is 122 Å². The van der Waals surface area contributed by atoms with Gasteiger partial charge in [0.2, 0.25) is 0 Å². The number of likely N-dealkylation sites (tertiary alicyclic amines) is 1. The lowest BCUT2D eigenvalue weighted by Gasteiger charge is -2.30. The molecule has 0 saturated carbocycles. The smallest absolute Gasteiger partial charge is 0.387 e. The topological polar surface area (TPSA) is 49.8 Å². The minimum absolute atomic E-state index is 0.0353. The monoisotopic (exact) mass is 299 g/mol. The van der Waals surface area contributed by atoms with Gasteiger partial charge in [0, 0.05) is 11.6 Å². The van der Waals surface area contributed by atoms with E-state index in [0.29, 0.717) is 12.1 Å². The Morgan fingerprint density at radius 1 is 1.43 bits per heavy atom. The first kappa shape index (κ1) is 15.7. The quantitative estimate of drug-likeness (QED) is 0.907. The molecule has 116 valence electrons. The van der Waals surface area contributed by atoms with E-state index >= 15 is 0 Å². The number of carboxylic acids is 1. The van der Waals surface area contributed by atoms with Crippen LogP contribution in [0.5, 0.6) is 5.75 Å². The molecule has 21 heavy (non-hydrogen) atoms. The molecule has 1 aliphatic heterocycles. The summed E-state index contributed by atoms with van der Waals surface area (Å²) in [5.74, 6) is -0.740. The first-order chi connectivity index (χ1) is 9.91. The van der Waals surface area contributed by atoms with Crippen LogP contribution in [-0.2, 0) is 4.79 Å². The highest BCUT2D eigenvalue weighted by atomic mass is 19.3. The molecule has 3 unspecified atom stereocenters. The lowest BCUT2D eigenvalue weighted by Crippen LogP contribution is -2.40. The van der Waals surface area contributed by atoms with Gasteiger partial charge in [-0.25, -0.2) is 0 Å². The summed E-state index contributed by atoms with van der Waals surface area (Å²) >= 11 is 0. The fraction of sp³-hybridized carbons (Fsp3) is 0.533. The Morgan fingerprint density at radius 3 is 2.71 bits per heavy atom. The third-order valence-electron chi connectivity index (χ3n) is 4.07. The molecule has 1 aromatic rings. The zero-order valence-electron chi connectivity index (χ0n) is 12.0. The highest BCUT2D eigenvalue weighted by Crippen LogP contribution is 2.36. The average molecular weight is 299 g/mol. The van der Waals surface area contributed by atoms with Crippen LogP contribution in [0.2, 0.25) is 0 Å². The molecule has 1 aromatic carbocycles. The molecule has 1 heterocycles. The van der Waals surface area contributed by atoms with E-state index in [2.05, 4.69) is 4.74 Å². The van der Waals surface area contributed by atoms with Crippen LogP contribution < -0.4 is 4.74 Å².